The molecule has 1 heterocycles. The second-order valence-corrected chi connectivity index (χ2v) is 7.54. The summed E-state index contributed by atoms with van der Waals surface area (Å²) in [5, 5.41) is 3.24. The van der Waals surface area contributed by atoms with E-state index >= 15 is 0 Å². The van der Waals surface area contributed by atoms with Gasteiger partial charge >= 0.3 is 0 Å². The number of hydrogen-bond acceptors (Lipinski definition) is 4. The Morgan fingerprint density at radius 2 is 2.20 bits per heavy atom. The highest BCUT2D eigenvalue weighted by Gasteiger charge is 2.18. The molecule has 0 aliphatic rings. The van der Waals surface area contributed by atoms with Gasteiger partial charge in [0.05, 0.1) is 4.90 Å². The summed E-state index contributed by atoms with van der Waals surface area (Å²) >= 11 is 1.72. The van der Waals surface area contributed by atoms with E-state index in [9.17, 15) is 8.42 Å². The zero-order valence-corrected chi connectivity index (χ0v) is 14.0. The van der Waals surface area contributed by atoms with E-state index in [1.54, 1.807) is 24.0 Å². The second kappa shape index (κ2) is 8.71. The fraction of sp³-hybridized carbons (Fsp3) is 0.692. The fourth-order valence-corrected chi connectivity index (χ4v) is 3.65. The van der Waals surface area contributed by atoms with Crippen LogP contribution in [0.25, 0.3) is 0 Å². The zero-order valence-electron chi connectivity index (χ0n) is 12.4. The Morgan fingerprint density at radius 1 is 1.45 bits per heavy atom. The van der Waals surface area contributed by atoms with Crippen molar-refractivity contribution in [3.63, 3.8) is 0 Å². The van der Waals surface area contributed by atoms with Crippen molar-refractivity contribution in [3.05, 3.63) is 18.0 Å². The summed E-state index contributed by atoms with van der Waals surface area (Å²) in [7, 11) is -3.42. The molecule has 0 radical (unpaired) electrons. The number of thioether (sulfide) groups is 1. The standard InChI is InChI=1S/C13H25N3O2S2/c1-4-6-14-9-12-8-13(10-15-12)20(17,18)16-11(2)5-7-19-3/h8,10-11,14-16H,4-7,9H2,1-3H3. The molecule has 0 aliphatic heterocycles. The predicted octanol–water partition coefficient (Wildman–Crippen LogP) is 1.93. The maximum atomic E-state index is 12.2. The van der Waals surface area contributed by atoms with Gasteiger partial charge in [0.25, 0.3) is 0 Å². The minimum absolute atomic E-state index is 0.0518. The molecule has 1 rings (SSSR count). The van der Waals surface area contributed by atoms with Crippen LogP contribution in [0.5, 0.6) is 0 Å². The van der Waals surface area contributed by atoms with E-state index in [1.165, 1.54) is 0 Å². The molecule has 0 fully saturated rings. The van der Waals surface area contributed by atoms with Gasteiger partial charge in [-0.2, -0.15) is 11.8 Å². The molecule has 0 amide bonds. The van der Waals surface area contributed by atoms with Crippen LogP contribution >= 0.6 is 11.8 Å². The quantitative estimate of drug-likeness (QED) is 0.576. The highest BCUT2D eigenvalue weighted by molar-refractivity contribution is 7.98. The van der Waals surface area contributed by atoms with Crippen LogP contribution in [0, 0.1) is 0 Å². The Labute approximate surface area is 126 Å². The van der Waals surface area contributed by atoms with Gasteiger partial charge in [0, 0.05) is 24.5 Å². The Hall–Kier alpha value is -0.500. The molecule has 0 spiro atoms. The molecular formula is C13H25N3O2S2. The van der Waals surface area contributed by atoms with Gasteiger partial charge in [-0.05, 0) is 44.4 Å². The third-order valence-corrected chi connectivity index (χ3v) is 5.09. The maximum Gasteiger partial charge on any atom is 0.242 e. The third kappa shape index (κ3) is 5.87. The predicted molar refractivity (Wildman–Crippen MR) is 85.6 cm³/mol. The molecule has 1 aromatic heterocycles. The molecule has 116 valence electrons. The van der Waals surface area contributed by atoms with Crippen molar-refractivity contribution in [2.24, 2.45) is 0 Å². The maximum absolute atomic E-state index is 12.2. The number of sulfonamides is 1. The van der Waals surface area contributed by atoms with Crippen LogP contribution in [0.1, 0.15) is 32.4 Å². The van der Waals surface area contributed by atoms with Crippen molar-refractivity contribution in [1.82, 2.24) is 15.0 Å². The van der Waals surface area contributed by atoms with Crippen LogP contribution in [0.15, 0.2) is 17.2 Å². The highest BCUT2D eigenvalue weighted by atomic mass is 32.2. The van der Waals surface area contributed by atoms with Gasteiger partial charge in [0.1, 0.15) is 0 Å². The van der Waals surface area contributed by atoms with Crippen LogP contribution in [0.4, 0.5) is 0 Å². The van der Waals surface area contributed by atoms with Crippen molar-refractivity contribution in [2.75, 3.05) is 18.6 Å². The summed E-state index contributed by atoms with van der Waals surface area (Å²) in [6.45, 7) is 5.57. The van der Waals surface area contributed by atoms with Gasteiger partial charge < -0.3 is 10.3 Å². The van der Waals surface area contributed by atoms with E-state index in [1.807, 2.05) is 13.2 Å². The molecule has 5 nitrogen and oxygen atoms in total. The fourth-order valence-electron chi connectivity index (χ4n) is 1.76. The molecule has 0 aliphatic carbocycles. The van der Waals surface area contributed by atoms with Gasteiger partial charge in [-0.15, -0.1) is 0 Å². The van der Waals surface area contributed by atoms with Crippen molar-refractivity contribution < 1.29 is 8.42 Å². The van der Waals surface area contributed by atoms with Gasteiger partial charge in [0.15, 0.2) is 0 Å². The highest BCUT2D eigenvalue weighted by Crippen LogP contribution is 2.12. The lowest BCUT2D eigenvalue weighted by molar-refractivity contribution is 0.557. The first-order valence-corrected chi connectivity index (χ1v) is 9.76. The van der Waals surface area contributed by atoms with Gasteiger partial charge in [-0.3, -0.25) is 0 Å². The van der Waals surface area contributed by atoms with Crippen LogP contribution in [0.3, 0.4) is 0 Å². The minimum atomic E-state index is -3.42. The summed E-state index contributed by atoms with van der Waals surface area (Å²) in [6.07, 6.45) is 5.45. The lowest BCUT2D eigenvalue weighted by Gasteiger charge is -2.12. The second-order valence-electron chi connectivity index (χ2n) is 4.84. The number of rotatable bonds is 10. The molecule has 0 saturated carbocycles. The smallest absolute Gasteiger partial charge is 0.242 e. The first-order chi connectivity index (χ1) is 9.49. The van der Waals surface area contributed by atoms with Crippen molar-refractivity contribution in [2.45, 2.75) is 44.2 Å². The molecule has 1 unspecified atom stereocenters. The van der Waals surface area contributed by atoms with Crippen molar-refractivity contribution in [1.29, 1.82) is 0 Å². The van der Waals surface area contributed by atoms with Crippen LogP contribution in [0.2, 0.25) is 0 Å². The van der Waals surface area contributed by atoms with Gasteiger partial charge in [-0.25, -0.2) is 13.1 Å². The van der Waals surface area contributed by atoms with Crippen LogP contribution < -0.4 is 10.0 Å². The SMILES string of the molecule is CCCNCc1cc(S(=O)(=O)NC(C)CCSC)c[nH]1. The molecule has 0 bridgehead atoms. The average Bonchev–Trinajstić information content (AvgIpc) is 2.86. The molecular weight excluding hydrogens is 294 g/mol. The van der Waals surface area contributed by atoms with Gasteiger partial charge in [-0.1, -0.05) is 6.92 Å². The number of nitrogens with one attached hydrogen (secondary N) is 3. The lowest BCUT2D eigenvalue weighted by atomic mass is 10.3. The Bertz CT molecular complexity index is 486. The van der Waals surface area contributed by atoms with E-state index in [0.717, 1.165) is 30.8 Å². The van der Waals surface area contributed by atoms with Gasteiger partial charge in [0.2, 0.25) is 10.0 Å². The number of aromatic nitrogens is 1. The largest absolute Gasteiger partial charge is 0.363 e. The molecule has 3 N–H and O–H groups in total. The number of H-pyrrole nitrogens is 1. The topological polar surface area (TPSA) is 74.0 Å². The monoisotopic (exact) mass is 319 g/mol. The molecule has 20 heavy (non-hydrogen) atoms. The third-order valence-electron chi connectivity index (χ3n) is 2.88. The Kier molecular flexibility index (Phi) is 7.65. The van der Waals surface area contributed by atoms with E-state index in [2.05, 4.69) is 21.9 Å². The summed E-state index contributed by atoms with van der Waals surface area (Å²) in [6, 6.07) is 1.63. The van der Waals surface area contributed by atoms with Crippen LogP contribution in [-0.2, 0) is 16.6 Å². The Balaban J connectivity index is 2.59. The van der Waals surface area contributed by atoms with E-state index in [4.69, 9.17) is 0 Å². The van der Waals surface area contributed by atoms with E-state index in [-0.39, 0.29) is 6.04 Å². The summed E-state index contributed by atoms with van der Waals surface area (Å²) in [4.78, 5) is 3.31. The number of aromatic amines is 1. The molecule has 7 heteroatoms. The van der Waals surface area contributed by atoms with Crippen molar-refractivity contribution in [3.8, 4) is 0 Å². The Morgan fingerprint density at radius 3 is 2.85 bits per heavy atom. The van der Waals surface area contributed by atoms with E-state index < -0.39 is 10.0 Å². The molecule has 0 saturated heterocycles. The molecule has 1 aromatic rings. The van der Waals surface area contributed by atoms with Crippen LogP contribution in [-0.4, -0.2) is 38.0 Å². The molecule has 0 aromatic carbocycles. The summed E-state index contributed by atoms with van der Waals surface area (Å²) < 4.78 is 27.1. The first-order valence-electron chi connectivity index (χ1n) is 6.89. The summed E-state index contributed by atoms with van der Waals surface area (Å²) in [5.74, 6) is 0.947. The minimum Gasteiger partial charge on any atom is -0.363 e. The molecule has 1 atom stereocenters. The average molecular weight is 319 g/mol. The van der Waals surface area contributed by atoms with Crippen molar-refractivity contribution >= 4 is 21.8 Å². The lowest BCUT2D eigenvalue weighted by Crippen LogP contribution is -2.32. The first kappa shape index (κ1) is 17.6. The zero-order chi connectivity index (χ0) is 15.0. The number of hydrogen-bond donors (Lipinski definition) is 3. The van der Waals surface area contributed by atoms with E-state index in [0.29, 0.717) is 11.4 Å². The normalized spacial score (nSPS) is 13.6. The summed E-state index contributed by atoms with van der Waals surface area (Å²) in [5.41, 5.74) is 0.885.